The molecule has 0 atom stereocenters. The summed E-state index contributed by atoms with van der Waals surface area (Å²) >= 11 is 0. The summed E-state index contributed by atoms with van der Waals surface area (Å²) in [6.07, 6.45) is 1.29. The van der Waals surface area contributed by atoms with Gasteiger partial charge < -0.3 is 5.21 Å². The smallest absolute Gasteiger partial charge is 0.313 e. The molecule has 0 bridgehead atoms. The zero-order valence-corrected chi connectivity index (χ0v) is 5.59. The number of hydrogen-bond acceptors (Lipinski definition) is 2. The van der Waals surface area contributed by atoms with Gasteiger partial charge in [0.2, 0.25) is 0 Å². The van der Waals surface area contributed by atoms with Gasteiger partial charge in [-0.3, -0.25) is 4.65 Å². The molecule has 0 unspecified atom stereocenters. The fourth-order valence-corrected chi connectivity index (χ4v) is 0.983. The van der Waals surface area contributed by atoms with Gasteiger partial charge in [0.1, 0.15) is 0 Å². The van der Waals surface area contributed by atoms with Gasteiger partial charge >= 0.3 is 5.91 Å². The standard InChI is InChI=1S/C6H11NO2/c1-2-6(8)7(9)4-3-5-7/h2-5H2,1H3. The predicted octanol–water partition coefficient (Wildman–Crippen LogP) is 0.641. The quantitative estimate of drug-likeness (QED) is 0.385. The second kappa shape index (κ2) is 2.08. The molecule has 0 aromatic carbocycles. The lowest BCUT2D eigenvalue weighted by Crippen LogP contribution is -2.56. The SMILES string of the molecule is CCC(=O)[N+]1([O-])CCC1. The average molecular weight is 129 g/mol. The summed E-state index contributed by atoms with van der Waals surface area (Å²) < 4.78 is -0.559. The van der Waals surface area contributed by atoms with Crippen LogP contribution in [0.25, 0.3) is 0 Å². The Hall–Kier alpha value is -0.410. The number of likely N-dealkylation sites (tertiary alicyclic amines) is 1. The largest absolute Gasteiger partial charge is 0.625 e. The van der Waals surface area contributed by atoms with Crippen molar-refractivity contribution in [3.63, 3.8) is 0 Å². The van der Waals surface area contributed by atoms with Crippen molar-refractivity contribution in [3.05, 3.63) is 5.21 Å². The molecule has 0 radical (unpaired) electrons. The first-order valence-corrected chi connectivity index (χ1v) is 3.30. The van der Waals surface area contributed by atoms with Crippen LogP contribution in [0.2, 0.25) is 0 Å². The Bertz CT molecular complexity index is 129. The molecule has 0 aromatic rings. The molecule has 1 amide bonds. The zero-order chi connectivity index (χ0) is 6.91. The maximum Gasteiger partial charge on any atom is 0.313 e. The van der Waals surface area contributed by atoms with E-state index in [1.165, 1.54) is 0 Å². The van der Waals surface area contributed by atoms with E-state index >= 15 is 0 Å². The topological polar surface area (TPSA) is 40.1 Å². The van der Waals surface area contributed by atoms with Gasteiger partial charge in [0.25, 0.3) is 0 Å². The Morgan fingerprint density at radius 2 is 2.22 bits per heavy atom. The van der Waals surface area contributed by atoms with E-state index in [1.54, 1.807) is 6.92 Å². The second-order valence-corrected chi connectivity index (χ2v) is 2.44. The third-order valence-electron chi connectivity index (χ3n) is 1.80. The predicted molar refractivity (Wildman–Crippen MR) is 33.3 cm³/mol. The number of quaternary nitrogens is 1. The number of hydroxylamine groups is 3. The first-order valence-electron chi connectivity index (χ1n) is 3.30. The number of hydrogen-bond donors (Lipinski definition) is 0. The van der Waals surface area contributed by atoms with E-state index in [2.05, 4.69) is 0 Å². The van der Waals surface area contributed by atoms with Crippen LogP contribution in [0.1, 0.15) is 19.8 Å². The summed E-state index contributed by atoms with van der Waals surface area (Å²) in [5, 5.41) is 11.1. The van der Waals surface area contributed by atoms with Crippen LogP contribution in [-0.2, 0) is 4.79 Å². The van der Waals surface area contributed by atoms with Gasteiger partial charge in [0.15, 0.2) is 0 Å². The van der Waals surface area contributed by atoms with Crippen LogP contribution < -0.4 is 0 Å². The minimum absolute atomic E-state index is 0.166. The van der Waals surface area contributed by atoms with Gasteiger partial charge in [-0.2, -0.15) is 0 Å². The summed E-state index contributed by atoms with van der Waals surface area (Å²) in [6.45, 7) is 2.75. The van der Waals surface area contributed by atoms with Crippen molar-refractivity contribution < 1.29 is 9.44 Å². The molecule has 9 heavy (non-hydrogen) atoms. The molecular weight excluding hydrogens is 118 g/mol. The van der Waals surface area contributed by atoms with Crippen LogP contribution >= 0.6 is 0 Å². The Labute approximate surface area is 54.4 Å². The van der Waals surface area contributed by atoms with Gasteiger partial charge in [-0.05, 0) is 0 Å². The van der Waals surface area contributed by atoms with Gasteiger partial charge in [-0.15, -0.1) is 0 Å². The Kier molecular flexibility index (Phi) is 1.55. The summed E-state index contributed by atoms with van der Waals surface area (Å²) in [5.41, 5.74) is 0. The molecule has 0 N–H and O–H groups in total. The van der Waals surface area contributed by atoms with Gasteiger partial charge in [-0.25, -0.2) is 4.79 Å². The van der Waals surface area contributed by atoms with Gasteiger partial charge in [0.05, 0.1) is 19.5 Å². The second-order valence-electron chi connectivity index (χ2n) is 2.44. The normalized spacial score (nSPS) is 22.9. The first kappa shape index (κ1) is 6.71. The molecule has 52 valence electrons. The number of rotatable bonds is 1. The van der Waals surface area contributed by atoms with E-state index in [4.69, 9.17) is 0 Å². The van der Waals surface area contributed by atoms with Crippen molar-refractivity contribution in [2.45, 2.75) is 19.8 Å². The van der Waals surface area contributed by atoms with Gasteiger partial charge in [0, 0.05) is 6.42 Å². The van der Waals surface area contributed by atoms with Crippen LogP contribution in [0.5, 0.6) is 0 Å². The molecule has 0 aliphatic carbocycles. The fraction of sp³-hybridized carbons (Fsp3) is 0.833. The molecule has 0 saturated carbocycles. The van der Waals surface area contributed by atoms with E-state index in [0.717, 1.165) is 6.42 Å². The summed E-state index contributed by atoms with van der Waals surface area (Å²) in [4.78, 5) is 10.8. The average Bonchev–Trinajstić information content (AvgIpc) is 1.81. The van der Waals surface area contributed by atoms with Crippen molar-refractivity contribution in [3.8, 4) is 0 Å². The molecule has 0 aromatic heterocycles. The molecule has 1 aliphatic rings. The highest BCUT2D eigenvalue weighted by atomic mass is 16.6. The Morgan fingerprint density at radius 1 is 1.67 bits per heavy atom. The third kappa shape index (κ3) is 0.976. The van der Waals surface area contributed by atoms with E-state index in [-0.39, 0.29) is 5.91 Å². The van der Waals surface area contributed by atoms with Crippen molar-refractivity contribution in [1.82, 2.24) is 0 Å². The minimum Gasteiger partial charge on any atom is -0.625 e. The van der Waals surface area contributed by atoms with E-state index in [0.29, 0.717) is 19.5 Å². The maximum atomic E-state index is 11.1. The molecule has 1 aliphatic heterocycles. The lowest BCUT2D eigenvalue weighted by Gasteiger charge is -2.46. The molecule has 0 spiro atoms. The van der Waals surface area contributed by atoms with E-state index in [1.807, 2.05) is 0 Å². The number of amides is 1. The highest BCUT2D eigenvalue weighted by Crippen LogP contribution is 2.18. The Balaban J connectivity index is 2.49. The monoisotopic (exact) mass is 129 g/mol. The highest BCUT2D eigenvalue weighted by molar-refractivity contribution is 5.69. The third-order valence-corrected chi connectivity index (χ3v) is 1.80. The Morgan fingerprint density at radius 3 is 2.33 bits per heavy atom. The summed E-state index contributed by atoms with van der Waals surface area (Å²) in [7, 11) is 0. The molecule has 1 heterocycles. The first-order chi connectivity index (χ1) is 4.19. The van der Waals surface area contributed by atoms with Crippen molar-refractivity contribution in [2.75, 3.05) is 13.1 Å². The molecule has 1 saturated heterocycles. The van der Waals surface area contributed by atoms with Gasteiger partial charge in [-0.1, -0.05) is 6.92 Å². The molecule has 1 fully saturated rings. The van der Waals surface area contributed by atoms with Crippen LogP contribution in [0.15, 0.2) is 0 Å². The van der Waals surface area contributed by atoms with Crippen LogP contribution in [0, 0.1) is 5.21 Å². The highest BCUT2D eigenvalue weighted by Gasteiger charge is 2.32. The van der Waals surface area contributed by atoms with Crippen LogP contribution in [0.3, 0.4) is 0 Å². The van der Waals surface area contributed by atoms with E-state index < -0.39 is 4.65 Å². The summed E-state index contributed by atoms with van der Waals surface area (Å²) in [6, 6.07) is 0. The van der Waals surface area contributed by atoms with Crippen LogP contribution in [0.4, 0.5) is 0 Å². The summed E-state index contributed by atoms with van der Waals surface area (Å²) in [5.74, 6) is -0.166. The van der Waals surface area contributed by atoms with Crippen molar-refractivity contribution >= 4 is 5.91 Å². The molecule has 3 nitrogen and oxygen atoms in total. The fourth-order valence-electron chi connectivity index (χ4n) is 0.983. The molecule has 1 rings (SSSR count). The molecule has 3 heteroatoms. The minimum atomic E-state index is -0.559. The molecular formula is C6H11NO2. The number of nitrogens with zero attached hydrogens (tertiary/aromatic N) is 1. The number of carbonyl (C=O) groups is 1. The maximum absolute atomic E-state index is 11.1. The lowest BCUT2D eigenvalue weighted by atomic mass is 10.2. The van der Waals surface area contributed by atoms with E-state index in [9.17, 15) is 10.0 Å². The van der Waals surface area contributed by atoms with Crippen molar-refractivity contribution in [2.24, 2.45) is 0 Å². The zero-order valence-electron chi connectivity index (χ0n) is 5.59. The number of carbonyl (C=O) groups excluding carboxylic acids is 1. The van der Waals surface area contributed by atoms with Crippen LogP contribution in [-0.4, -0.2) is 23.6 Å². The van der Waals surface area contributed by atoms with Crippen molar-refractivity contribution in [1.29, 1.82) is 0 Å². The lowest BCUT2D eigenvalue weighted by molar-refractivity contribution is -0.845.